The molecule has 12 heteroatoms. The van der Waals surface area contributed by atoms with E-state index in [4.69, 9.17) is 10.2 Å². The van der Waals surface area contributed by atoms with Crippen LogP contribution in [0.3, 0.4) is 0 Å². The van der Waals surface area contributed by atoms with Gasteiger partial charge in [-0.3, -0.25) is 14.3 Å². The quantitative estimate of drug-likeness (QED) is 0.0730. The molecule has 1 fully saturated rings. The number of aryl methyl sites for hydroxylation is 2. The molecule has 0 aliphatic heterocycles. The van der Waals surface area contributed by atoms with Gasteiger partial charge in [0.25, 0.3) is 0 Å². The van der Waals surface area contributed by atoms with Gasteiger partial charge in [0.2, 0.25) is 5.56 Å². The molecule has 1 amide bonds. The van der Waals surface area contributed by atoms with Crippen LogP contribution in [-0.2, 0) is 19.5 Å². The highest BCUT2D eigenvalue weighted by Crippen LogP contribution is 2.36. The van der Waals surface area contributed by atoms with Crippen molar-refractivity contribution in [1.82, 2.24) is 14.9 Å². The lowest BCUT2D eigenvalue weighted by molar-refractivity contribution is 0.176. The zero-order valence-corrected chi connectivity index (χ0v) is 29.9. The van der Waals surface area contributed by atoms with Gasteiger partial charge in [-0.2, -0.15) is 0 Å². The van der Waals surface area contributed by atoms with Gasteiger partial charge in [0.15, 0.2) is 5.58 Å². The van der Waals surface area contributed by atoms with Gasteiger partial charge in [0.05, 0.1) is 22.8 Å². The first-order valence-corrected chi connectivity index (χ1v) is 18.5. The number of amides is 1. The second-order valence-corrected chi connectivity index (χ2v) is 14.1. The van der Waals surface area contributed by atoms with Crippen LogP contribution in [0.25, 0.3) is 33.1 Å². The van der Waals surface area contributed by atoms with E-state index in [-0.39, 0.29) is 35.5 Å². The van der Waals surface area contributed by atoms with Crippen LogP contribution in [0, 0.1) is 0 Å². The minimum absolute atomic E-state index is 0.0681. The average molecular weight is 732 g/mol. The normalized spacial score (nSPS) is 16.5. The number of aromatic hydroxyl groups is 1. The van der Waals surface area contributed by atoms with Gasteiger partial charge in [-0.25, -0.2) is 9.59 Å². The summed E-state index contributed by atoms with van der Waals surface area (Å²) in [6.45, 7) is 1.09. The zero-order chi connectivity index (χ0) is 37.8. The number of phenols is 1. The smallest absolute Gasteiger partial charge is 0.419 e. The number of aromatic nitrogens is 2. The SMILES string of the molecule is NC1CCC(N(C(=O)O)c2cc(CCCCn3c(=O)oc4cc(CNC[C@H](O)c5ccc(O)c6[nH]c(=O)ccc56)ccc43)ccc2-c2ccccc2)CC1. The highest BCUT2D eigenvalue weighted by molar-refractivity contribution is 5.94. The Kier molecular flexibility index (Phi) is 11.0. The van der Waals surface area contributed by atoms with E-state index in [1.165, 1.54) is 12.1 Å². The Bertz CT molecular complexity index is 2380. The van der Waals surface area contributed by atoms with Crippen molar-refractivity contribution in [3.8, 4) is 16.9 Å². The summed E-state index contributed by atoms with van der Waals surface area (Å²) in [5.74, 6) is -0.497. The molecule has 7 N–H and O–H groups in total. The highest BCUT2D eigenvalue weighted by atomic mass is 16.4. The van der Waals surface area contributed by atoms with E-state index in [0.717, 1.165) is 60.8 Å². The predicted octanol–water partition coefficient (Wildman–Crippen LogP) is 6.41. The number of rotatable bonds is 13. The van der Waals surface area contributed by atoms with Crippen LogP contribution in [0.2, 0.25) is 0 Å². The second-order valence-electron chi connectivity index (χ2n) is 14.1. The molecule has 1 aliphatic carbocycles. The number of nitrogens with two attached hydrogens (primary N) is 1. The number of hydrogen-bond donors (Lipinski definition) is 6. The number of aliphatic hydroxyl groups is 1. The number of H-pyrrole nitrogens is 1. The summed E-state index contributed by atoms with van der Waals surface area (Å²) >= 11 is 0. The van der Waals surface area contributed by atoms with Gasteiger partial charge in [0, 0.05) is 48.7 Å². The van der Waals surface area contributed by atoms with E-state index < -0.39 is 18.0 Å². The Morgan fingerprint density at radius 3 is 2.50 bits per heavy atom. The summed E-state index contributed by atoms with van der Waals surface area (Å²) < 4.78 is 7.25. The number of aromatic amines is 1. The number of nitrogens with one attached hydrogen (secondary N) is 2. The van der Waals surface area contributed by atoms with Crippen molar-refractivity contribution >= 4 is 33.8 Å². The average Bonchev–Trinajstić information content (AvgIpc) is 3.48. The molecule has 1 atom stereocenters. The number of phenolic OH excluding ortho intramolecular Hbond substituents is 1. The lowest BCUT2D eigenvalue weighted by Gasteiger charge is -2.35. The molecule has 1 aliphatic rings. The molecule has 280 valence electrons. The molecule has 54 heavy (non-hydrogen) atoms. The molecule has 0 unspecified atom stereocenters. The monoisotopic (exact) mass is 731 g/mol. The highest BCUT2D eigenvalue weighted by Gasteiger charge is 2.30. The van der Waals surface area contributed by atoms with Crippen molar-refractivity contribution in [3.63, 3.8) is 0 Å². The minimum Gasteiger partial charge on any atom is -0.506 e. The number of benzene rings is 4. The third-order valence-corrected chi connectivity index (χ3v) is 10.5. The van der Waals surface area contributed by atoms with Crippen molar-refractivity contribution in [1.29, 1.82) is 0 Å². The summed E-state index contributed by atoms with van der Waals surface area (Å²) in [6, 6.07) is 27.5. The first kappa shape index (κ1) is 36.7. The largest absolute Gasteiger partial charge is 0.506 e. The van der Waals surface area contributed by atoms with E-state index in [9.17, 15) is 29.7 Å². The number of oxazole rings is 1. The molecule has 6 aromatic rings. The molecule has 0 spiro atoms. The van der Waals surface area contributed by atoms with Gasteiger partial charge >= 0.3 is 11.8 Å². The number of unbranched alkanes of at least 4 members (excludes halogenated alkanes) is 1. The lowest BCUT2D eigenvalue weighted by Crippen LogP contribution is -2.44. The van der Waals surface area contributed by atoms with E-state index in [2.05, 4.69) is 16.4 Å². The maximum atomic E-state index is 12.9. The Morgan fingerprint density at radius 2 is 1.72 bits per heavy atom. The number of hydrogen-bond acceptors (Lipinski definition) is 8. The first-order chi connectivity index (χ1) is 26.2. The number of pyridine rings is 1. The molecular weight excluding hydrogens is 686 g/mol. The maximum Gasteiger partial charge on any atom is 0.419 e. The van der Waals surface area contributed by atoms with Crippen LogP contribution in [0.4, 0.5) is 10.5 Å². The Morgan fingerprint density at radius 1 is 0.944 bits per heavy atom. The van der Waals surface area contributed by atoms with Crippen LogP contribution in [-0.4, -0.2) is 49.6 Å². The lowest BCUT2D eigenvalue weighted by atomic mass is 9.89. The standard InChI is InChI=1S/C42H45N5O7/c43-29-11-13-30(14-12-29)47(41(51)52)35-22-26(9-15-31(35)28-7-2-1-3-8-28)6-4-5-21-46-34-18-10-27(23-38(34)54-42(46)53)24-44-25-37(49)32-16-19-36(48)40-33(32)17-20-39(50)45-40/h1-3,7-10,15-20,22-23,29-30,37,44,48-49H,4-6,11-14,21,24-25,43H2,(H,45,50)(H,51,52)/t29?,30?,37-/m0/s1. The fourth-order valence-electron chi connectivity index (χ4n) is 7.65. The fourth-order valence-corrected chi connectivity index (χ4v) is 7.65. The van der Waals surface area contributed by atoms with E-state index in [1.807, 2.05) is 60.7 Å². The summed E-state index contributed by atoms with van der Waals surface area (Å²) in [7, 11) is 0. The molecule has 4 aromatic carbocycles. The molecule has 12 nitrogen and oxygen atoms in total. The Hall–Kier alpha value is -5.69. The van der Waals surface area contributed by atoms with Crippen LogP contribution in [0.5, 0.6) is 5.75 Å². The topological polar surface area (TPSA) is 187 Å². The number of nitrogens with zero attached hydrogens (tertiary/aromatic N) is 2. The minimum atomic E-state index is -0.963. The molecule has 0 saturated heterocycles. The van der Waals surface area contributed by atoms with Gasteiger partial charge in [-0.05, 0) is 97.5 Å². The van der Waals surface area contributed by atoms with E-state index in [0.29, 0.717) is 47.2 Å². The number of fused-ring (bicyclic) bond motifs is 2. The second kappa shape index (κ2) is 16.1. The van der Waals surface area contributed by atoms with Gasteiger partial charge < -0.3 is 35.8 Å². The van der Waals surface area contributed by atoms with Gasteiger partial charge in [-0.15, -0.1) is 0 Å². The third-order valence-electron chi connectivity index (χ3n) is 10.5. The predicted molar refractivity (Wildman–Crippen MR) is 209 cm³/mol. The third kappa shape index (κ3) is 7.96. The number of aliphatic hydroxyl groups excluding tert-OH is 1. The summed E-state index contributed by atoms with van der Waals surface area (Å²) in [4.78, 5) is 41.5. The Labute approximate surface area is 311 Å². The number of anilines is 1. The number of carboxylic acid groups (broad SMARTS) is 1. The van der Waals surface area contributed by atoms with Crippen molar-refractivity contribution in [2.45, 2.75) is 76.2 Å². The van der Waals surface area contributed by atoms with Crippen LogP contribution >= 0.6 is 0 Å². The first-order valence-electron chi connectivity index (χ1n) is 18.5. The maximum absolute atomic E-state index is 12.9. The number of carbonyl (C=O) groups is 1. The van der Waals surface area contributed by atoms with Crippen molar-refractivity contribution in [3.05, 3.63) is 129 Å². The molecule has 0 radical (unpaired) electrons. The van der Waals surface area contributed by atoms with Crippen molar-refractivity contribution in [2.75, 3.05) is 11.4 Å². The zero-order valence-electron chi connectivity index (χ0n) is 29.9. The van der Waals surface area contributed by atoms with E-state index in [1.54, 1.807) is 21.6 Å². The van der Waals surface area contributed by atoms with Crippen LogP contribution in [0.15, 0.2) is 105 Å². The van der Waals surface area contributed by atoms with Gasteiger partial charge in [0.1, 0.15) is 5.75 Å². The summed E-state index contributed by atoms with van der Waals surface area (Å²) in [5.41, 5.74) is 12.3. The van der Waals surface area contributed by atoms with Gasteiger partial charge in [-0.1, -0.05) is 54.6 Å². The fraction of sp³-hybridized carbons (Fsp3) is 0.310. The van der Waals surface area contributed by atoms with Crippen molar-refractivity contribution < 1.29 is 24.5 Å². The van der Waals surface area contributed by atoms with E-state index >= 15 is 0 Å². The molecule has 2 aromatic heterocycles. The van der Waals surface area contributed by atoms with Crippen LogP contribution in [0.1, 0.15) is 61.3 Å². The molecule has 2 heterocycles. The molecule has 0 bridgehead atoms. The molecular formula is C42H45N5O7. The Balaban J connectivity index is 0.987. The molecule has 1 saturated carbocycles. The van der Waals surface area contributed by atoms with Crippen molar-refractivity contribution in [2.24, 2.45) is 5.73 Å². The summed E-state index contributed by atoms with van der Waals surface area (Å²) in [6.07, 6.45) is 3.40. The van der Waals surface area contributed by atoms with Crippen LogP contribution < -0.4 is 27.3 Å². The summed E-state index contributed by atoms with van der Waals surface area (Å²) in [5, 5.41) is 35.3. The molecule has 7 rings (SSSR count).